The van der Waals surface area contributed by atoms with Gasteiger partial charge in [-0.05, 0) is 36.1 Å². The van der Waals surface area contributed by atoms with E-state index in [0.29, 0.717) is 23.8 Å². The molecule has 0 bridgehead atoms. The monoisotopic (exact) mass is 366 g/mol. The molecule has 2 amide bonds. The minimum Gasteiger partial charge on any atom is -0.465 e. The van der Waals surface area contributed by atoms with Gasteiger partial charge >= 0.3 is 12.0 Å². The molecule has 0 saturated carbocycles. The third-order valence-electron chi connectivity index (χ3n) is 3.34. The van der Waals surface area contributed by atoms with E-state index < -0.39 is 5.97 Å². The molecular formula is C17H19ClN2O3S. The summed E-state index contributed by atoms with van der Waals surface area (Å²) in [6, 6.07) is 8.32. The van der Waals surface area contributed by atoms with Crippen molar-refractivity contribution in [3.05, 3.63) is 51.2 Å². The van der Waals surface area contributed by atoms with Crippen molar-refractivity contribution < 1.29 is 14.3 Å². The molecule has 0 aliphatic carbocycles. The molecule has 1 aromatic heterocycles. The molecule has 0 atom stereocenters. The van der Waals surface area contributed by atoms with E-state index in [1.165, 1.54) is 13.2 Å². The maximum absolute atomic E-state index is 12.6. The van der Waals surface area contributed by atoms with Gasteiger partial charge in [0, 0.05) is 16.4 Å². The number of hydrogen-bond acceptors (Lipinski definition) is 4. The number of urea groups is 1. The standard InChI is InChI=1S/C17H19ClN2O3S/c1-3-8-20(11-13-5-4-9-24-13)17(22)19-15-10-12(18)6-7-14(15)16(21)23-2/h4-7,9-10H,3,8,11H2,1-2H3,(H,19,22). The van der Waals surface area contributed by atoms with Crippen LogP contribution < -0.4 is 5.32 Å². The molecule has 0 saturated heterocycles. The number of carbonyl (C=O) groups is 2. The number of esters is 1. The van der Waals surface area contributed by atoms with Crippen molar-refractivity contribution in [3.8, 4) is 0 Å². The van der Waals surface area contributed by atoms with Crippen LogP contribution in [-0.4, -0.2) is 30.6 Å². The molecule has 7 heteroatoms. The van der Waals surface area contributed by atoms with Gasteiger partial charge in [-0.1, -0.05) is 24.6 Å². The number of rotatable bonds is 6. The fraction of sp³-hybridized carbons (Fsp3) is 0.294. The van der Waals surface area contributed by atoms with E-state index >= 15 is 0 Å². The predicted octanol–water partition coefficient (Wildman–Crippen LogP) is 4.63. The maximum Gasteiger partial charge on any atom is 0.339 e. The van der Waals surface area contributed by atoms with Crippen LogP contribution in [0.1, 0.15) is 28.6 Å². The third kappa shape index (κ3) is 4.72. The van der Waals surface area contributed by atoms with Crippen molar-refractivity contribution >= 4 is 40.6 Å². The second-order valence-corrected chi connectivity index (χ2v) is 6.58. The van der Waals surface area contributed by atoms with E-state index in [1.54, 1.807) is 28.4 Å². The highest BCUT2D eigenvalue weighted by Crippen LogP contribution is 2.23. The lowest BCUT2D eigenvalue weighted by molar-refractivity contribution is 0.0602. The molecule has 2 aromatic rings. The normalized spacial score (nSPS) is 10.3. The Balaban J connectivity index is 2.19. The molecule has 0 unspecified atom stereocenters. The van der Waals surface area contributed by atoms with Gasteiger partial charge in [-0.15, -0.1) is 11.3 Å². The van der Waals surface area contributed by atoms with Gasteiger partial charge in [-0.2, -0.15) is 0 Å². The first kappa shape index (κ1) is 18.3. The molecule has 1 aromatic carbocycles. The largest absolute Gasteiger partial charge is 0.465 e. The van der Waals surface area contributed by atoms with E-state index in [4.69, 9.17) is 16.3 Å². The molecule has 0 aliphatic rings. The molecule has 0 spiro atoms. The van der Waals surface area contributed by atoms with Crippen LogP contribution in [-0.2, 0) is 11.3 Å². The number of amides is 2. The number of carbonyl (C=O) groups excluding carboxylic acids is 2. The van der Waals surface area contributed by atoms with Gasteiger partial charge in [0.15, 0.2) is 0 Å². The number of ether oxygens (including phenoxy) is 1. The Morgan fingerprint density at radius 2 is 2.12 bits per heavy atom. The fourth-order valence-electron chi connectivity index (χ4n) is 2.22. The van der Waals surface area contributed by atoms with Crippen molar-refractivity contribution in [2.75, 3.05) is 19.0 Å². The number of hydrogen-bond donors (Lipinski definition) is 1. The molecule has 1 heterocycles. The lowest BCUT2D eigenvalue weighted by Crippen LogP contribution is -2.35. The number of benzene rings is 1. The Bertz CT molecular complexity index is 704. The van der Waals surface area contributed by atoms with Gasteiger partial charge in [0.05, 0.1) is 24.9 Å². The number of halogens is 1. The van der Waals surface area contributed by atoms with Gasteiger partial charge < -0.3 is 15.0 Å². The van der Waals surface area contributed by atoms with Crippen LogP contribution >= 0.6 is 22.9 Å². The van der Waals surface area contributed by atoms with E-state index in [9.17, 15) is 9.59 Å². The smallest absolute Gasteiger partial charge is 0.339 e. The van der Waals surface area contributed by atoms with Crippen molar-refractivity contribution in [3.63, 3.8) is 0 Å². The SMILES string of the molecule is CCCN(Cc1cccs1)C(=O)Nc1cc(Cl)ccc1C(=O)OC. The minimum atomic E-state index is -0.526. The average Bonchev–Trinajstić information content (AvgIpc) is 3.07. The summed E-state index contributed by atoms with van der Waals surface area (Å²) in [5.74, 6) is -0.526. The molecule has 1 N–H and O–H groups in total. The van der Waals surface area contributed by atoms with Crippen LogP contribution in [0.4, 0.5) is 10.5 Å². The number of thiophene rings is 1. The second-order valence-electron chi connectivity index (χ2n) is 5.11. The van der Waals surface area contributed by atoms with Gasteiger partial charge in [-0.25, -0.2) is 9.59 Å². The summed E-state index contributed by atoms with van der Waals surface area (Å²) < 4.78 is 4.75. The Morgan fingerprint density at radius 3 is 2.75 bits per heavy atom. The van der Waals surface area contributed by atoms with Crippen LogP contribution in [0, 0.1) is 0 Å². The Morgan fingerprint density at radius 1 is 1.33 bits per heavy atom. The molecular weight excluding hydrogens is 348 g/mol. The van der Waals surface area contributed by atoms with Crippen molar-refractivity contribution in [2.45, 2.75) is 19.9 Å². The van der Waals surface area contributed by atoms with Gasteiger partial charge in [0.1, 0.15) is 0 Å². The lowest BCUT2D eigenvalue weighted by Gasteiger charge is -2.22. The lowest BCUT2D eigenvalue weighted by atomic mass is 10.2. The average molecular weight is 367 g/mol. The maximum atomic E-state index is 12.6. The molecule has 128 valence electrons. The highest BCUT2D eigenvalue weighted by molar-refractivity contribution is 7.09. The van der Waals surface area contributed by atoms with Gasteiger partial charge in [0.25, 0.3) is 0 Å². The zero-order chi connectivity index (χ0) is 17.5. The highest BCUT2D eigenvalue weighted by Gasteiger charge is 2.18. The van der Waals surface area contributed by atoms with E-state index in [-0.39, 0.29) is 11.6 Å². The zero-order valence-corrected chi connectivity index (χ0v) is 15.1. The second kappa shape index (κ2) is 8.70. The first-order valence-corrected chi connectivity index (χ1v) is 8.77. The molecule has 0 radical (unpaired) electrons. The molecule has 24 heavy (non-hydrogen) atoms. The Labute approximate surface area is 150 Å². The Hall–Kier alpha value is -2.05. The van der Waals surface area contributed by atoms with Crippen LogP contribution in [0.5, 0.6) is 0 Å². The topological polar surface area (TPSA) is 58.6 Å². The molecule has 2 rings (SSSR count). The summed E-state index contributed by atoms with van der Waals surface area (Å²) in [7, 11) is 1.29. The predicted molar refractivity (Wildman–Crippen MR) is 96.8 cm³/mol. The van der Waals surface area contributed by atoms with Crippen LogP contribution in [0.15, 0.2) is 35.7 Å². The number of anilines is 1. The summed E-state index contributed by atoms with van der Waals surface area (Å²) in [6.07, 6.45) is 0.832. The quantitative estimate of drug-likeness (QED) is 0.758. The zero-order valence-electron chi connectivity index (χ0n) is 13.5. The van der Waals surface area contributed by atoms with Crippen molar-refractivity contribution in [2.24, 2.45) is 0 Å². The highest BCUT2D eigenvalue weighted by atomic mass is 35.5. The van der Waals surface area contributed by atoms with E-state index in [1.807, 2.05) is 24.4 Å². The third-order valence-corrected chi connectivity index (χ3v) is 4.43. The van der Waals surface area contributed by atoms with Crippen molar-refractivity contribution in [1.29, 1.82) is 0 Å². The van der Waals surface area contributed by atoms with E-state index in [2.05, 4.69) is 5.32 Å². The number of nitrogens with one attached hydrogen (secondary N) is 1. The van der Waals surface area contributed by atoms with Crippen LogP contribution in [0.2, 0.25) is 5.02 Å². The summed E-state index contributed by atoms with van der Waals surface area (Å²) in [5, 5.41) is 5.18. The first-order valence-electron chi connectivity index (χ1n) is 7.51. The molecule has 0 aliphatic heterocycles. The Kier molecular flexibility index (Phi) is 6.63. The van der Waals surface area contributed by atoms with Crippen LogP contribution in [0.25, 0.3) is 0 Å². The van der Waals surface area contributed by atoms with Gasteiger partial charge in [0.2, 0.25) is 0 Å². The van der Waals surface area contributed by atoms with Crippen LogP contribution in [0.3, 0.4) is 0 Å². The van der Waals surface area contributed by atoms with E-state index in [0.717, 1.165) is 11.3 Å². The molecule has 5 nitrogen and oxygen atoms in total. The van der Waals surface area contributed by atoms with Crippen molar-refractivity contribution in [1.82, 2.24) is 4.90 Å². The summed E-state index contributed by atoms with van der Waals surface area (Å²) in [5.41, 5.74) is 0.606. The fourth-order valence-corrected chi connectivity index (χ4v) is 3.11. The number of nitrogens with zero attached hydrogens (tertiary/aromatic N) is 1. The summed E-state index contributed by atoms with van der Waals surface area (Å²) >= 11 is 7.59. The number of methoxy groups -OCH3 is 1. The summed E-state index contributed by atoms with van der Waals surface area (Å²) in [6.45, 7) is 3.14. The minimum absolute atomic E-state index is 0.267. The summed E-state index contributed by atoms with van der Waals surface area (Å²) in [4.78, 5) is 27.3. The molecule has 0 fully saturated rings. The first-order chi connectivity index (χ1) is 11.5. The van der Waals surface area contributed by atoms with Gasteiger partial charge in [-0.3, -0.25) is 0 Å².